The van der Waals surface area contributed by atoms with Crippen LogP contribution in [0.5, 0.6) is 11.5 Å². The molecule has 0 saturated carbocycles. The van der Waals surface area contributed by atoms with E-state index in [1.165, 1.54) is 18.4 Å². The molecule has 0 spiro atoms. The lowest BCUT2D eigenvalue weighted by atomic mass is 9.98. The van der Waals surface area contributed by atoms with E-state index in [1.807, 2.05) is 6.07 Å². The number of carbonyl (C=O) groups is 1. The van der Waals surface area contributed by atoms with E-state index in [1.54, 1.807) is 0 Å². The minimum atomic E-state index is 0.0834. The number of benzene rings is 1. The Labute approximate surface area is 161 Å². The fourth-order valence-electron chi connectivity index (χ4n) is 4.22. The summed E-state index contributed by atoms with van der Waals surface area (Å²) in [5.41, 5.74) is 1.18. The van der Waals surface area contributed by atoms with Crippen molar-refractivity contribution in [3.63, 3.8) is 0 Å². The molecule has 0 unspecified atom stereocenters. The van der Waals surface area contributed by atoms with Gasteiger partial charge < -0.3 is 24.4 Å². The van der Waals surface area contributed by atoms with Crippen molar-refractivity contribution in [1.29, 1.82) is 0 Å². The van der Waals surface area contributed by atoms with Crippen LogP contribution in [-0.2, 0) is 16.0 Å². The van der Waals surface area contributed by atoms with Crippen LogP contribution in [0.15, 0.2) is 18.2 Å². The van der Waals surface area contributed by atoms with E-state index >= 15 is 0 Å². The van der Waals surface area contributed by atoms with Crippen molar-refractivity contribution in [1.82, 2.24) is 10.2 Å². The SMILES string of the molecule is O=C(N[C@@H](Cc1ccc2c(c1)OCCO2)CN1CCCC1)C1CCOCC1. The van der Waals surface area contributed by atoms with Gasteiger partial charge in [-0.3, -0.25) is 4.79 Å². The van der Waals surface area contributed by atoms with E-state index in [9.17, 15) is 4.79 Å². The summed E-state index contributed by atoms with van der Waals surface area (Å²) in [6.07, 6.45) is 4.97. The van der Waals surface area contributed by atoms with Gasteiger partial charge in [0.2, 0.25) is 5.91 Å². The van der Waals surface area contributed by atoms with Crippen LogP contribution in [0, 0.1) is 5.92 Å². The second kappa shape index (κ2) is 8.93. The molecule has 1 aromatic rings. The van der Waals surface area contributed by atoms with Gasteiger partial charge in [0.15, 0.2) is 11.5 Å². The molecule has 1 amide bonds. The van der Waals surface area contributed by atoms with Gasteiger partial charge in [0, 0.05) is 31.7 Å². The molecule has 3 aliphatic heterocycles. The first-order chi connectivity index (χ1) is 13.3. The van der Waals surface area contributed by atoms with Gasteiger partial charge in [0.25, 0.3) is 0 Å². The van der Waals surface area contributed by atoms with Crippen LogP contribution in [0.3, 0.4) is 0 Å². The highest BCUT2D eigenvalue weighted by Gasteiger charge is 2.26. The van der Waals surface area contributed by atoms with Crippen molar-refractivity contribution in [3.05, 3.63) is 23.8 Å². The fraction of sp³-hybridized carbons (Fsp3) is 0.667. The summed E-state index contributed by atoms with van der Waals surface area (Å²) in [6, 6.07) is 6.25. The molecule has 0 aliphatic carbocycles. The van der Waals surface area contributed by atoms with Crippen molar-refractivity contribution in [2.24, 2.45) is 5.92 Å². The summed E-state index contributed by atoms with van der Waals surface area (Å²) in [4.78, 5) is 15.2. The third kappa shape index (κ3) is 4.93. The summed E-state index contributed by atoms with van der Waals surface area (Å²) in [5, 5.41) is 3.33. The first kappa shape index (κ1) is 18.6. The Bertz CT molecular complexity index is 639. The Kier molecular flexibility index (Phi) is 6.14. The molecule has 3 heterocycles. The molecule has 0 aromatic heterocycles. The van der Waals surface area contributed by atoms with Crippen LogP contribution in [0.4, 0.5) is 0 Å². The molecule has 4 rings (SSSR count). The van der Waals surface area contributed by atoms with Crippen molar-refractivity contribution in [3.8, 4) is 11.5 Å². The van der Waals surface area contributed by atoms with Gasteiger partial charge in [-0.15, -0.1) is 0 Å². The Morgan fingerprint density at radius 2 is 1.81 bits per heavy atom. The average Bonchev–Trinajstić information content (AvgIpc) is 3.21. The monoisotopic (exact) mass is 374 g/mol. The topological polar surface area (TPSA) is 60.0 Å². The zero-order valence-electron chi connectivity index (χ0n) is 16.0. The van der Waals surface area contributed by atoms with Gasteiger partial charge in [0.1, 0.15) is 13.2 Å². The van der Waals surface area contributed by atoms with Gasteiger partial charge in [-0.1, -0.05) is 6.07 Å². The highest BCUT2D eigenvalue weighted by molar-refractivity contribution is 5.79. The normalized spacial score (nSPS) is 21.8. The molecule has 27 heavy (non-hydrogen) atoms. The van der Waals surface area contributed by atoms with Crippen molar-refractivity contribution in [2.45, 2.75) is 38.1 Å². The number of ether oxygens (including phenoxy) is 3. The number of nitrogens with zero attached hydrogens (tertiary/aromatic N) is 1. The third-order valence-corrected chi connectivity index (χ3v) is 5.70. The van der Waals surface area contributed by atoms with Crippen LogP contribution < -0.4 is 14.8 Å². The van der Waals surface area contributed by atoms with E-state index in [-0.39, 0.29) is 17.9 Å². The van der Waals surface area contributed by atoms with Gasteiger partial charge in [-0.25, -0.2) is 0 Å². The molecule has 1 N–H and O–H groups in total. The number of likely N-dealkylation sites (tertiary alicyclic amines) is 1. The predicted molar refractivity (Wildman–Crippen MR) is 102 cm³/mol. The molecule has 2 fully saturated rings. The summed E-state index contributed by atoms with van der Waals surface area (Å²) in [7, 11) is 0. The average molecular weight is 374 g/mol. The Morgan fingerprint density at radius 1 is 1.07 bits per heavy atom. The molecule has 148 valence electrons. The third-order valence-electron chi connectivity index (χ3n) is 5.70. The van der Waals surface area contributed by atoms with Gasteiger partial charge >= 0.3 is 0 Å². The zero-order valence-corrected chi connectivity index (χ0v) is 16.0. The molecule has 0 radical (unpaired) electrons. The van der Waals surface area contributed by atoms with E-state index in [4.69, 9.17) is 14.2 Å². The molecule has 6 nitrogen and oxygen atoms in total. The van der Waals surface area contributed by atoms with Crippen molar-refractivity contribution in [2.75, 3.05) is 46.1 Å². The second-order valence-corrected chi connectivity index (χ2v) is 7.78. The zero-order chi connectivity index (χ0) is 18.5. The van der Waals surface area contributed by atoms with Crippen molar-refractivity contribution >= 4 is 5.91 Å². The van der Waals surface area contributed by atoms with E-state index in [0.29, 0.717) is 26.4 Å². The molecule has 0 bridgehead atoms. The van der Waals surface area contributed by atoms with E-state index in [0.717, 1.165) is 50.4 Å². The lowest BCUT2D eigenvalue weighted by Gasteiger charge is -2.28. The number of fused-ring (bicyclic) bond motifs is 1. The molecule has 3 aliphatic rings. The van der Waals surface area contributed by atoms with Crippen LogP contribution in [0.25, 0.3) is 0 Å². The fourth-order valence-corrected chi connectivity index (χ4v) is 4.22. The molecule has 1 aromatic carbocycles. The summed E-state index contributed by atoms with van der Waals surface area (Å²) in [5.74, 6) is 1.89. The Morgan fingerprint density at radius 3 is 2.59 bits per heavy atom. The largest absolute Gasteiger partial charge is 0.486 e. The van der Waals surface area contributed by atoms with Gasteiger partial charge in [-0.2, -0.15) is 0 Å². The van der Waals surface area contributed by atoms with Crippen LogP contribution in [0.2, 0.25) is 0 Å². The minimum Gasteiger partial charge on any atom is -0.486 e. The van der Waals surface area contributed by atoms with E-state index < -0.39 is 0 Å². The number of nitrogens with one attached hydrogen (secondary N) is 1. The van der Waals surface area contributed by atoms with Crippen LogP contribution in [-0.4, -0.2) is 62.9 Å². The molecule has 6 heteroatoms. The molecular weight excluding hydrogens is 344 g/mol. The maximum Gasteiger partial charge on any atom is 0.223 e. The van der Waals surface area contributed by atoms with E-state index in [2.05, 4.69) is 22.3 Å². The number of hydrogen-bond acceptors (Lipinski definition) is 5. The van der Waals surface area contributed by atoms with Crippen LogP contribution >= 0.6 is 0 Å². The molecule has 2 saturated heterocycles. The standard InChI is InChI=1S/C21H30N2O4/c24-21(17-5-9-25-10-6-17)22-18(15-23-7-1-2-8-23)13-16-3-4-19-20(14-16)27-12-11-26-19/h3-4,14,17-18H,1-2,5-13,15H2,(H,22,24)/t18-/m0/s1. The molecular formula is C21H30N2O4. The highest BCUT2D eigenvalue weighted by Crippen LogP contribution is 2.31. The predicted octanol–water partition coefficient (Wildman–Crippen LogP) is 2.01. The Hall–Kier alpha value is -1.79. The maximum atomic E-state index is 12.8. The summed E-state index contributed by atoms with van der Waals surface area (Å²) < 4.78 is 16.7. The number of amides is 1. The first-order valence-corrected chi connectivity index (χ1v) is 10.3. The Balaban J connectivity index is 1.42. The highest BCUT2D eigenvalue weighted by atomic mass is 16.6. The maximum absolute atomic E-state index is 12.8. The van der Waals surface area contributed by atoms with Gasteiger partial charge in [-0.05, 0) is 62.9 Å². The first-order valence-electron chi connectivity index (χ1n) is 10.3. The van der Waals surface area contributed by atoms with Crippen molar-refractivity contribution < 1.29 is 19.0 Å². The number of carbonyl (C=O) groups excluding carboxylic acids is 1. The van der Waals surface area contributed by atoms with Crippen LogP contribution in [0.1, 0.15) is 31.2 Å². The second-order valence-electron chi connectivity index (χ2n) is 7.78. The minimum absolute atomic E-state index is 0.0834. The lowest BCUT2D eigenvalue weighted by molar-refractivity contribution is -0.128. The molecule has 1 atom stereocenters. The smallest absolute Gasteiger partial charge is 0.223 e. The summed E-state index contributed by atoms with van der Waals surface area (Å²) in [6.45, 7) is 5.74. The quantitative estimate of drug-likeness (QED) is 0.825. The summed E-state index contributed by atoms with van der Waals surface area (Å²) >= 11 is 0. The number of rotatable bonds is 6. The number of hydrogen-bond donors (Lipinski definition) is 1. The lowest BCUT2D eigenvalue weighted by Crippen LogP contribution is -2.47. The van der Waals surface area contributed by atoms with Gasteiger partial charge in [0.05, 0.1) is 0 Å².